The molecule has 41 heavy (non-hydrogen) atoms. The minimum Gasteiger partial charge on any atom is -0.456 e. The fraction of sp³-hybridized carbons (Fsp3) is 0. The molecular weight excluding hydrogens is 496 g/mol. The Hall–Kier alpha value is -5.40. The van der Waals surface area contributed by atoms with E-state index in [1.807, 2.05) is 12.1 Å². The smallest absolute Gasteiger partial charge is 0.135 e. The van der Waals surface area contributed by atoms with Crippen LogP contribution in [-0.4, -0.2) is 0 Å². The van der Waals surface area contributed by atoms with Gasteiger partial charge in [0, 0.05) is 10.8 Å². The topological polar surface area (TPSA) is 13.1 Å². The van der Waals surface area contributed by atoms with Crippen LogP contribution >= 0.6 is 0 Å². The molecule has 1 aliphatic rings. The van der Waals surface area contributed by atoms with Crippen LogP contribution in [0.2, 0.25) is 0 Å². The summed E-state index contributed by atoms with van der Waals surface area (Å²) in [5, 5.41) is 4.96. The van der Waals surface area contributed by atoms with Crippen LogP contribution in [0.4, 0.5) is 0 Å². The molecule has 0 spiro atoms. The van der Waals surface area contributed by atoms with Crippen LogP contribution in [0.25, 0.3) is 88.3 Å². The Bertz CT molecular complexity index is 2320. The summed E-state index contributed by atoms with van der Waals surface area (Å²) in [6, 6.07) is 52.7. The normalized spacial score (nSPS) is 11.9. The standard InChI is InChI=1S/C40H24O/c1-2-14-33-32(13-1)35-16-7-12-30-22-31(24-37(33)40(30)35)28-11-6-9-26(21-28)25-8-5-10-27(20-25)29-18-19-39-36(23-29)34-15-3-4-17-38(34)41-39/h1-24H. The second-order valence-corrected chi connectivity index (χ2v) is 10.9. The molecule has 1 heterocycles. The monoisotopic (exact) mass is 520 g/mol. The van der Waals surface area contributed by atoms with Gasteiger partial charge in [0.2, 0.25) is 0 Å². The molecule has 1 aliphatic carbocycles. The highest BCUT2D eigenvalue weighted by Gasteiger charge is 2.21. The van der Waals surface area contributed by atoms with E-state index in [9.17, 15) is 0 Å². The van der Waals surface area contributed by atoms with E-state index in [2.05, 4.69) is 133 Å². The van der Waals surface area contributed by atoms with Gasteiger partial charge < -0.3 is 4.42 Å². The zero-order valence-electron chi connectivity index (χ0n) is 22.3. The van der Waals surface area contributed by atoms with Crippen molar-refractivity contribution in [3.05, 3.63) is 146 Å². The van der Waals surface area contributed by atoms with Gasteiger partial charge in [-0.1, -0.05) is 103 Å². The average Bonchev–Trinajstić information content (AvgIpc) is 3.58. The lowest BCUT2D eigenvalue weighted by atomic mass is 9.93. The first kappa shape index (κ1) is 22.4. The summed E-state index contributed by atoms with van der Waals surface area (Å²) in [6.45, 7) is 0. The van der Waals surface area contributed by atoms with Gasteiger partial charge in [-0.15, -0.1) is 0 Å². The van der Waals surface area contributed by atoms with E-state index in [0.717, 1.165) is 21.9 Å². The predicted octanol–water partition coefficient (Wildman–Crippen LogP) is 11.4. The SMILES string of the molecule is c1cc(-c2cccc(-c3ccc4oc5ccccc5c4c3)c2)cc(-c2cc3c4c(cccc4c2)-c2ccccc2-3)c1. The Balaban J connectivity index is 1.14. The molecule has 0 atom stereocenters. The van der Waals surface area contributed by atoms with Crippen LogP contribution in [0, 0.1) is 0 Å². The van der Waals surface area contributed by atoms with Crippen molar-refractivity contribution in [1.29, 1.82) is 0 Å². The van der Waals surface area contributed by atoms with Gasteiger partial charge in [-0.25, -0.2) is 0 Å². The summed E-state index contributed by atoms with van der Waals surface area (Å²) >= 11 is 0. The minimum atomic E-state index is 0.923. The van der Waals surface area contributed by atoms with Crippen molar-refractivity contribution in [2.75, 3.05) is 0 Å². The lowest BCUT2D eigenvalue weighted by Crippen LogP contribution is -1.85. The third-order valence-electron chi connectivity index (χ3n) is 8.59. The number of benzene rings is 7. The molecule has 0 saturated carbocycles. The average molecular weight is 521 g/mol. The second-order valence-electron chi connectivity index (χ2n) is 10.9. The van der Waals surface area contributed by atoms with Crippen molar-refractivity contribution in [2.45, 2.75) is 0 Å². The molecular formula is C40H24O. The van der Waals surface area contributed by atoms with Crippen LogP contribution in [0.1, 0.15) is 0 Å². The van der Waals surface area contributed by atoms with E-state index in [0.29, 0.717) is 0 Å². The highest BCUT2D eigenvalue weighted by atomic mass is 16.3. The molecule has 0 amide bonds. The summed E-state index contributed by atoms with van der Waals surface area (Å²) in [5.74, 6) is 0. The van der Waals surface area contributed by atoms with Gasteiger partial charge in [0.1, 0.15) is 11.2 Å². The van der Waals surface area contributed by atoms with Gasteiger partial charge in [0.05, 0.1) is 0 Å². The maximum absolute atomic E-state index is 6.06. The van der Waals surface area contributed by atoms with E-state index >= 15 is 0 Å². The van der Waals surface area contributed by atoms with Gasteiger partial charge in [-0.3, -0.25) is 0 Å². The van der Waals surface area contributed by atoms with E-state index in [1.165, 1.54) is 66.4 Å². The molecule has 0 saturated heterocycles. The lowest BCUT2D eigenvalue weighted by molar-refractivity contribution is 0.669. The van der Waals surface area contributed by atoms with Crippen molar-refractivity contribution < 1.29 is 4.42 Å². The van der Waals surface area contributed by atoms with Crippen LogP contribution in [0.5, 0.6) is 0 Å². The molecule has 8 aromatic rings. The summed E-state index contributed by atoms with van der Waals surface area (Å²) in [5.41, 5.74) is 14.5. The Morgan fingerprint density at radius 3 is 1.68 bits per heavy atom. The van der Waals surface area contributed by atoms with E-state index in [1.54, 1.807) is 0 Å². The first-order valence-electron chi connectivity index (χ1n) is 14.1. The van der Waals surface area contributed by atoms with Crippen molar-refractivity contribution in [2.24, 2.45) is 0 Å². The molecule has 0 aliphatic heterocycles. The van der Waals surface area contributed by atoms with Crippen molar-refractivity contribution in [3.8, 4) is 55.6 Å². The van der Waals surface area contributed by atoms with Gasteiger partial charge >= 0.3 is 0 Å². The third-order valence-corrected chi connectivity index (χ3v) is 8.59. The van der Waals surface area contributed by atoms with Gasteiger partial charge in [0.25, 0.3) is 0 Å². The van der Waals surface area contributed by atoms with Gasteiger partial charge in [-0.05, 0) is 109 Å². The van der Waals surface area contributed by atoms with Crippen molar-refractivity contribution in [1.82, 2.24) is 0 Å². The molecule has 0 bridgehead atoms. The molecule has 0 fully saturated rings. The molecule has 1 aromatic heterocycles. The molecule has 7 aromatic carbocycles. The Morgan fingerprint density at radius 1 is 0.317 bits per heavy atom. The summed E-state index contributed by atoms with van der Waals surface area (Å²) in [6.07, 6.45) is 0. The zero-order chi connectivity index (χ0) is 26.9. The first-order chi connectivity index (χ1) is 20.3. The Kier molecular flexibility index (Phi) is 4.67. The fourth-order valence-corrected chi connectivity index (χ4v) is 6.65. The molecule has 190 valence electrons. The molecule has 1 heteroatoms. The largest absolute Gasteiger partial charge is 0.456 e. The van der Waals surface area contributed by atoms with E-state index in [4.69, 9.17) is 4.42 Å². The summed E-state index contributed by atoms with van der Waals surface area (Å²) < 4.78 is 6.06. The molecule has 0 unspecified atom stereocenters. The predicted molar refractivity (Wildman–Crippen MR) is 172 cm³/mol. The maximum atomic E-state index is 6.06. The maximum Gasteiger partial charge on any atom is 0.135 e. The van der Waals surface area contributed by atoms with Crippen LogP contribution in [0.15, 0.2) is 150 Å². The number of hydrogen-bond donors (Lipinski definition) is 0. The first-order valence-corrected chi connectivity index (χ1v) is 14.1. The van der Waals surface area contributed by atoms with Crippen LogP contribution in [0.3, 0.4) is 0 Å². The Morgan fingerprint density at radius 2 is 0.902 bits per heavy atom. The molecule has 1 nitrogen and oxygen atoms in total. The number of para-hydroxylation sites is 1. The number of furan rings is 1. The number of rotatable bonds is 3. The molecule has 9 rings (SSSR count). The number of hydrogen-bond acceptors (Lipinski definition) is 1. The minimum absolute atomic E-state index is 0.923. The van der Waals surface area contributed by atoms with Gasteiger partial charge in [0.15, 0.2) is 0 Å². The zero-order valence-corrected chi connectivity index (χ0v) is 22.3. The fourth-order valence-electron chi connectivity index (χ4n) is 6.65. The van der Waals surface area contributed by atoms with Crippen molar-refractivity contribution >= 4 is 32.7 Å². The third kappa shape index (κ3) is 3.43. The quantitative estimate of drug-likeness (QED) is 0.226. The highest BCUT2D eigenvalue weighted by molar-refractivity contribution is 6.16. The highest BCUT2D eigenvalue weighted by Crippen LogP contribution is 2.48. The summed E-state index contributed by atoms with van der Waals surface area (Å²) in [7, 11) is 0. The Labute approximate surface area is 237 Å². The van der Waals surface area contributed by atoms with Crippen molar-refractivity contribution in [3.63, 3.8) is 0 Å². The lowest BCUT2D eigenvalue weighted by Gasteiger charge is -2.11. The number of fused-ring (bicyclic) bond motifs is 6. The summed E-state index contributed by atoms with van der Waals surface area (Å²) in [4.78, 5) is 0. The second kappa shape index (κ2) is 8.55. The van der Waals surface area contributed by atoms with Gasteiger partial charge in [-0.2, -0.15) is 0 Å². The molecule has 0 radical (unpaired) electrons. The molecule has 0 N–H and O–H groups in total. The van der Waals surface area contributed by atoms with E-state index in [-0.39, 0.29) is 0 Å². The van der Waals surface area contributed by atoms with Crippen LogP contribution < -0.4 is 0 Å². The van der Waals surface area contributed by atoms with E-state index < -0.39 is 0 Å². The van der Waals surface area contributed by atoms with Crippen LogP contribution in [-0.2, 0) is 0 Å².